The molecule has 0 bridgehead atoms. The lowest BCUT2D eigenvalue weighted by Crippen LogP contribution is -2.60. The minimum Gasteiger partial charge on any atom is -0.457 e. The zero-order chi connectivity index (χ0) is 49.6. The first-order valence-corrected chi connectivity index (χ1v) is 28.1. The van der Waals surface area contributed by atoms with Crippen molar-refractivity contribution in [3.8, 4) is 0 Å². The second kappa shape index (κ2) is 45.7. The van der Waals surface area contributed by atoms with Crippen molar-refractivity contribution in [1.29, 1.82) is 0 Å². The molecule has 68 heavy (non-hydrogen) atoms. The highest BCUT2D eigenvalue weighted by atomic mass is 32.3. The topological polar surface area (TPSA) is 178 Å². The van der Waals surface area contributed by atoms with Crippen LogP contribution >= 0.6 is 0 Å². The Morgan fingerprint density at radius 3 is 1.49 bits per heavy atom. The lowest BCUT2D eigenvalue weighted by atomic mass is 9.99. The van der Waals surface area contributed by atoms with Crippen LogP contribution in [0.1, 0.15) is 206 Å². The molecule has 13 heteroatoms. The quantitative estimate of drug-likeness (QED) is 0.0197. The van der Waals surface area contributed by atoms with Crippen LogP contribution in [0.4, 0.5) is 0 Å². The number of allylic oxidation sites excluding steroid dienone is 12. The van der Waals surface area contributed by atoms with Gasteiger partial charge in [0.1, 0.15) is 30.5 Å². The summed E-state index contributed by atoms with van der Waals surface area (Å²) in [5, 5.41) is 30.8. The average Bonchev–Trinajstić information content (AvgIpc) is 3.31. The van der Waals surface area contributed by atoms with Gasteiger partial charge in [-0.05, 0) is 83.5 Å². The Morgan fingerprint density at radius 2 is 1.01 bits per heavy atom. The van der Waals surface area contributed by atoms with Gasteiger partial charge < -0.3 is 34.3 Å². The molecule has 1 saturated heterocycles. The Bertz CT molecular complexity index is 1460. The first kappa shape index (κ1) is 63.6. The fourth-order valence-corrected chi connectivity index (χ4v) is 8.32. The van der Waals surface area contributed by atoms with Crippen LogP contribution in [0.2, 0.25) is 0 Å². The zero-order valence-corrected chi connectivity index (χ0v) is 43.2. The number of aliphatic hydroxyl groups excluding tert-OH is 3. The number of aliphatic hydroxyl groups is 3. The van der Waals surface area contributed by atoms with Crippen molar-refractivity contribution in [3.63, 3.8) is 0 Å². The van der Waals surface area contributed by atoms with Crippen molar-refractivity contribution in [1.82, 2.24) is 0 Å². The molecule has 1 heterocycles. The molecule has 12 nitrogen and oxygen atoms in total. The van der Waals surface area contributed by atoms with Crippen molar-refractivity contribution in [2.75, 3.05) is 26.4 Å². The first-order valence-electron chi connectivity index (χ1n) is 26.7. The van der Waals surface area contributed by atoms with Gasteiger partial charge in [-0.25, -0.2) is 4.18 Å². The second-order valence-electron chi connectivity index (χ2n) is 18.1. The lowest BCUT2D eigenvalue weighted by molar-refractivity contribution is -0.301. The molecule has 1 rings (SSSR count). The van der Waals surface area contributed by atoms with E-state index < -0.39 is 59.8 Å². The third-order valence-electron chi connectivity index (χ3n) is 11.8. The summed E-state index contributed by atoms with van der Waals surface area (Å²) in [5.74, 6) is -0.409. The number of rotatable bonds is 46. The highest BCUT2D eigenvalue weighted by molar-refractivity contribution is 7.80. The van der Waals surface area contributed by atoms with Crippen molar-refractivity contribution in [2.45, 2.75) is 243 Å². The number of ether oxygens (including phenoxy) is 4. The Balaban J connectivity index is 2.33. The molecule has 394 valence electrons. The maximum atomic E-state index is 12.9. The number of carbonyl (C=O) groups excluding carboxylic acids is 1. The molecule has 0 aromatic rings. The van der Waals surface area contributed by atoms with Crippen LogP contribution in [0.25, 0.3) is 0 Å². The Hall–Kier alpha value is -2.46. The monoisotopic (exact) mass is 981 g/mol. The normalized spacial score (nSPS) is 19.9. The van der Waals surface area contributed by atoms with Crippen molar-refractivity contribution in [2.24, 2.45) is 0 Å². The van der Waals surface area contributed by atoms with Crippen molar-refractivity contribution < 1.29 is 56.2 Å². The number of esters is 1. The van der Waals surface area contributed by atoms with Crippen LogP contribution in [0.3, 0.4) is 0 Å². The van der Waals surface area contributed by atoms with E-state index in [1.165, 1.54) is 96.3 Å². The molecule has 0 aromatic heterocycles. The molecule has 0 aliphatic carbocycles. The Morgan fingerprint density at radius 1 is 0.574 bits per heavy atom. The third-order valence-corrected chi connectivity index (χ3v) is 12.3. The van der Waals surface area contributed by atoms with Crippen LogP contribution in [0.5, 0.6) is 0 Å². The van der Waals surface area contributed by atoms with Gasteiger partial charge in [0.05, 0.1) is 19.8 Å². The summed E-state index contributed by atoms with van der Waals surface area (Å²) in [6.07, 6.45) is 50.7. The fraction of sp³-hybridized carbons (Fsp3) is 0.764. The van der Waals surface area contributed by atoms with E-state index in [-0.39, 0.29) is 19.6 Å². The average molecular weight is 981 g/mol. The van der Waals surface area contributed by atoms with Crippen LogP contribution < -0.4 is 0 Å². The van der Waals surface area contributed by atoms with E-state index in [2.05, 4.69) is 90.9 Å². The van der Waals surface area contributed by atoms with E-state index in [9.17, 15) is 33.1 Å². The molecular formula is C55H96O12S. The van der Waals surface area contributed by atoms with Gasteiger partial charge in [-0.2, -0.15) is 8.42 Å². The number of hydrogen-bond donors (Lipinski definition) is 4. The van der Waals surface area contributed by atoms with E-state index in [0.29, 0.717) is 13.0 Å². The standard InChI is InChI=1S/C55H96O12S/c1-3-5-7-9-11-13-15-17-19-21-22-23-24-25-26-27-29-31-33-35-37-39-41-43-45-63-47-49(48-64-55-53(59)54(67-68(60,61)62)52(58)50(46-56)66-55)65-51(57)44-42-40-38-36-34-32-30-28-20-18-16-14-12-10-8-6-4-2/h5,7,11-14,17-20,22-23,49-50,52-56,58-59H,3-4,6,8-10,15-16,21,24-48H2,1-2H3,(H,60,61,62)/b7-5-,13-11-,14-12-,19-17-,20-18-,23-22-. The Kier molecular flexibility index (Phi) is 42.7. The maximum absolute atomic E-state index is 12.9. The largest absolute Gasteiger partial charge is 0.457 e. The molecule has 0 radical (unpaired) electrons. The van der Waals surface area contributed by atoms with Gasteiger partial charge in [-0.1, -0.05) is 189 Å². The molecule has 0 aromatic carbocycles. The maximum Gasteiger partial charge on any atom is 0.397 e. The fourth-order valence-electron chi connectivity index (χ4n) is 7.81. The molecule has 0 amide bonds. The van der Waals surface area contributed by atoms with Gasteiger partial charge in [-0.15, -0.1) is 0 Å². The smallest absolute Gasteiger partial charge is 0.397 e. The van der Waals surface area contributed by atoms with Gasteiger partial charge in [0.15, 0.2) is 6.29 Å². The lowest BCUT2D eigenvalue weighted by Gasteiger charge is -2.41. The van der Waals surface area contributed by atoms with E-state index in [4.69, 9.17) is 18.9 Å². The molecule has 4 N–H and O–H groups in total. The number of hydrogen-bond acceptors (Lipinski definition) is 11. The van der Waals surface area contributed by atoms with Crippen LogP contribution in [0, 0.1) is 0 Å². The van der Waals surface area contributed by atoms with Crippen LogP contribution in [-0.2, 0) is 38.3 Å². The molecule has 0 spiro atoms. The summed E-state index contributed by atoms with van der Waals surface area (Å²) >= 11 is 0. The molecular weight excluding hydrogens is 885 g/mol. The molecule has 1 aliphatic heterocycles. The minimum absolute atomic E-state index is 0.0277. The van der Waals surface area contributed by atoms with Gasteiger partial charge in [0.25, 0.3) is 0 Å². The molecule has 1 fully saturated rings. The summed E-state index contributed by atoms with van der Waals surface area (Å²) in [6.45, 7) is 3.85. The first-order chi connectivity index (χ1) is 33.1. The third kappa shape index (κ3) is 38.3. The van der Waals surface area contributed by atoms with E-state index in [1.807, 2.05) is 0 Å². The van der Waals surface area contributed by atoms with Crippen molar-refractivity contribution in [3.05, 3.63) is 72.9 Å². The highest BCUT2D eigenvalue weighted by Gasteiger charge is 2.48. The summed E-state index contributed by atoms with van der Waals surface area (Å²) < 4.78 is 59.3. The summed E-state index contributed by atoms with van der Waals surface area (Å²) in [4.78, 5) is 12.9. The van der Waals surface area contributed by atoms with Gasteiger partial charge in [0, 0.05) is 13.0 Å². The molecule has 6 unspecified atom stereocenters. The van der Waals surface area contributed by atoms with Crippen molar-refractivity contribution >= 4 is 16.4 Å². The highest BCUT2D eigenvalue weighted by Crippen LogP contribution is 2.26. The number of unbranched alkanes of at least 4 members (excludes halogenated alkanes) is 21. The summed E-state index contributed by atoms with van der Waals surface area (Å²) in [7, 11) is -5.07. The Labute approximate surface area is 413 Å². The van der Waals surface area contributed by atoms with Gasteiger partial charge >= 0.3 is 16.4 Å². The summed E-state index contributed by atoms with van der Waals surface area (Å²) in [5.41, 5.74) is 0. The summed E-state index contributed by atoms with van der Waals surface area (Å²) in [6, 6.07) is 0. The molecule has 6 atom stereocenters. The van der Waals surface area contributed by atoms with Gasteiger partial charge in [-0.3, -0.25) is 9.35 Å². The molecule has 1 aliphatic rings. The second-order valence-corrected chi connectivity index (χ2v) is 19.1. The number of carbonyl (C=O) groups is 1. The predicted octanol–water partition coefficient (Wildman–Crippen LogP) is 12.6. The predicted molar refractivity (Wildman–Crippen MR) is 276 cm³/mol. The minimum atomic E-state index is -5.07. The van der Waals surface area contributed by atoms with E-state index in [1.54, 1.807) is 0 Å². The SMILES string of the molecule is CC/C=C\C/C=C\C/C=C\C/C=C\CCCCCCCCCCCCCOCC(COC1OC(CO)C(O)C(OS(=O)(=O)O)C1O)OC(=O)CCCCCCCCC/C=C\C/C=C\CCCCC. The molecule has 0 saturated carbocycles. The van der Waals surface area contributed by atoms with Gasteiger partial charge in [0.2, 0.25) is 0 Å². The van der Waals surface area contributed by atoms with Crippen LogP contribution in [-0.4, -0.2) is 97.5 Å². The zero-order valence-electron chi connectivity index (χ0n) is 42.4. The van der Waals surface area contributed by atoms with E-state index >= 15 is 0 Å². The van der Waals surface area contributed by atoms with E-state index in [0.717, 1.165) is 83.5 Å². The van der Waals surface area contributed by atoms with Crippen LogP contribution in [0.15, 0.2) is 72.9 Å².